The maximum atomic E-state index is 9.67. The number of phenolic OH excluding ortho intramolecular Hbond substituents is 1. The third kappa shape index (κ3) is 1.52. The monoisotopic (exact) mass is 226 g/mol. The van der Waals surface area contributed by atoms with Gasteiger partial charge in [0.15, 0.2) is 5.65 Å². The molecular formula is C12H10N4O. The molecule has 1 aromatic carbocycles. The van der Waals surface area contributed by atoms with Crippen molar-refractivity contribution in [3.05, 3.63) is 36.3 Å². The minimum absolute atomic E-state index is 0.258. The van der Waals surface area contributed by atoms with Gasteiger partial charge in [0.1, 0.15) is 23.4 Å². The molecule has 0 saturated heterocycles. The van der Waals surface area contributed by atoms with Gasteiger partial charge in [-0.1, -0.05) is 12.1 Å². The van der Waals surface area contributed by atoms with E-state index in [9.17, 15) is 5.11 Å². The number of H-pyrrole nitrogens is 1. The van der Waals surface area contributed by atoms with Crippen molar-refractivity contribution < 1.29 is 5.11 Å². The van der Waals surface area contributed by atoms with Crippen LogP contribution in [0.4, 0.5) is 0 Å². The van der Waals surface area contributed by atoms with E-state index in [1.807, 2.05) is 13.0 Å². The van der Waals surface area contributed by atoms with Crippen LogP contribution >= 0.6 is 0 Å². The number of rotatable bonds is 1. The summed E-state index contributed by atoms with van der Waals surface area (Å²) in [6, 6.07) is 5.35. The van der Waals surface area contributed by atoms with E-state index in [1.165, 1.54) is 6.33 Å². The van der Waals surface area contributed by atoms with Crippen LogP contribution in [0.15, 0.2) is 30.7 Å². The number of aromatic hydroxyl groups is 1. The maximum absolute atomic E-state index is 9.67. The normalized spacial score (nSPS) is 10.9. The first-order chi connectivity index (χ1) is 8.25. The predicted octanol–water partition coefficient (Wildman–Crippen LogP) is 2.03. The quantitative estimate of drug-likeness (QED) is 0.665. The largest absolute Gasteiger partial charge is 0.508 e. The second-order valence-electron chi connectivity index (χ2n) is 3.80. The lowest BCUT2D eigenvalue weighted by Crippen LogP contribution is -1.85. The van der Waals surface area contributed by atoms with Crippen molar-refractivity contribution in [3.8, 4) is 17.1 Å². The van der Waals surface area contributed by atoms with Crippen LogP contribution in [0.5, 0.6) is 5.75 Å². The molecule has 5 heteroatoms. The summed E-state index contributed by atoms with van der Waals surface area (Å²) in [6.07, 6.45) is 3.14. The Hall–Kier alpha value is -2.43. The van der Waals surface area contributed by atoms with Crippen molar-refractivity contribution in [1.29, 1.82) is 0 Å². The van der Waals surface area contributed by atoms with Gasteiger partial charge >= 0.3 is 0 Å². The molecule has 0 aliphatic carbocycles. The molecule has 0 atom stereocenters. The van der Waals surface area contributed by atoms with Gasteiger partial charge in [-0.15, -0.1) is 0 Å². The summed E-state index contributed by atoms with van der Waals surface area (Å²) < 4.78 is 0. The molecule has 0 amide bonds. The Balaban J connectivity index is 2.24. The Labute approximate surface area is 97.2 Å². The van der Waals surface area contributed by atoms with E-state index < -0.39 is 0 Å². The fraction of sp³-hybridized carbons (Fsp3) is 0.0833. The van der Waals surface area contributed by atoms with Gasteiger partial charge in [-0.3, -0.25) is 0 Å². The fourth-order valence-corrected chi connectivity index (χ4v) is 1.77. The van der Waals surface area contributed by atoms with Crippen LogP contribution in [0.3, 0.4) is 0 Å². The fourth-order valence-electron chi connectivity index (χ4n) is 1.77. The lowest BCUT2D eigenvalue weighted by atomic mass is 10.1. The second kappa shape index (κ2) is 3.55. The highest BCUT2D eigenvalue weighted by Gasteiger charge is 2.10. The van der Waals surface area contributed by atoms with Crippen LogP contribution < -0.4 is 0 Å². The Morgan fingerprint density at radius 1 is 1.29 bits per heavy atom. The predicted molar refractivity (Wildman–Crippen MR) is 63.5 cm³/mol. The van der Waals surface area contributed by atoms with Gasteiger partial charge in [-0.05, 0) is 13.0 Å². The number of hydrogen-bond acceptors (Lipinski definition) is 4. The molecule has 0 saturated carbocycles. The van der Waals surface area contributed by atoms with Crippen molar-refractivity contribution in [3.63, 3.8) is 0 Å². The van der Waals surface area contributed by atoms with Crippen LogP contribution in [0.25, 0.3) is 22.6 Å². The smallest absolute Gasteiger partial charge is 0.181 e. The van der Waals surface area contributed by atoms with E-state index in [4.69, 9.17) is 0 Å². The van der Waals surface area contributed by atoms with Gasteiger partial charge in [0.05, 0.1) is 6.20 Å². The number of fused-ring (bicyclic) bond motifs is 1. The number of nitrogens with one attached hydrogen (secondary N) is 1. The number of aromatic nitrogens is 4. The summed E-state index contributed by atoms with van der Waals surface area (Å²) in [7, 11) is 0. The first-order valence-electron chi connectivity index (χ1n) is 5.20. The molecule has 17 heavy (non-hydrogen) atoms. The van der Waals surface area contributed by atoms with Gasteiger partial charge in [-0.2, -0.15) is 0 Å². The van der Waals surface area contributed by atoms with E-state index in [1.54, 1.807) is 18.3 Å². The van der Waals surface area contributed by atoms with E-state index in [-0.39, 0.29) is 5.75 Å². The Bertz CT molecular complexity index is 657. The van der Waals surface area contributed by atoms with Crippen molar-refractivity contribution >= 4 is 11.2 Å². The summed E-state index contributed by atoms with van der Waals surface area (Å²) in [5, 5.41) is 9.67. The highest BCUT2D eigenvalue weighted by Crippen LogP contribution is 2.27. The molecule has 0 spiro atoms. The van der Waals surface area contributed by atoms with Crippen molar-refractivity contribution in [2.45, 2.75) is 6.92 Å². The minimum atomic E-state index is 0.258. The van der Waals surface area contributed by atoms with Crippen LogP contribution in [0.2, 0.25) is 0 Å². The van der Waals surface area contributed by atoms with Crippen LogP contribution in [0, 0.1) is 6.92 Å². The lowest BCUT2D eigenvalue weighted by molar-refractivity contribution is 0.471. The molecule has 0 fully saturated rings. The SMILES string of the molecule is Cc1c(O)cccc1-c1nc2ncncc2[nH]1. The summed E-state index contributed by atoms with van der Waals surface area (Å²) >= 11 is 0. The van der Waals surface area contributed by atoms with Gasteiger partial charge in [0.25, 0.3) is 0 Å². The van der Waals surface area contributed by atoms with Gasteiger partial charge in [-0.25, -0.2) is 15.0 Å². The molecule has 0 aliphatic rings. The zero-order valence-corrected chi connectivity index (χ0v) is 9.18. The molecule has 3 rings (SSSR count). The zero-order valence-electron chi connectivity index (χ0n) is 9.18. The van der Waals surface area contributed by atoms with Gasteiger partial charge in [0, 0.05) is 11.1 Å². The van der Waals surface area contributed by atoms with E-state index in [0.29, 0.717) is 11.5 Å². The highest BCUT2D eigenvalue weighted by molar-refractivity contribution is 5.76. The molecular weight excluding hydrogens is 216 g/mol. The topological polar surface area (TPSA) is 74.7 Å². The third-order valence-electron chi connectivity index (χ3n) is 2.72. The number of imidazole rings is 1. The average Bonchev–Trinajstić information content (AvgIpc) is 2.76. The Kier molecular flexibility index (Phi) is 2.04. The van der Waals surface area contributed by atoms with Crippen LogP contribution in [-0.4, -0.2) is 25.0 Å². The molecule has 2 heterocycles. The lowest BCUT2D eigenvalue weighted by Gasteiger charge is -2.03. The van der Waals surface area contributed by atoms with E-state index in [0.717, 1.165) is 16.6 Å². The minimum Gasteiger partial charge on any atom is -0.508 e. The molecule has 5 nitrogen and oxygen atoms in total. The summed E-state index contributed by atoms with van der Waals surface area (Å²) in [6.45, 7) is 1.85. The standard InChI is InChI=1S/C12H10N4O/c1-7-8(3-2-4-10(7)17)11-15-9-5-13-6-14-12(9)16-11/h2-6,17H,1H3,(H,13,14,15,16). The molecule has 0 radical (unpaired) electrons. The van der Waals surface area contributed by atoms with E-state index in [2.05, 4.69) is 19.9 Å². The van der Waals surface area contributed by atoms with E-state index >= 15 is 0 Å². The second-order valence-corrected chi connectivity index (χ2v) is 3.80. The number of phenols is 1. The molecule has 2 aromatic heterocycles. The van der Waals surface area contributed by atoms with Crippen LogP contribution in [0.1, 0.15) is 5.56 Å². The maximum Gasteiger partial charge on any atom is 0.181 e. The molecule has 84 valence electrons. The van der Waals surface area contributed by atoms with Gasteiger partial charge < -0.3 is 10.1 Å². The Morgan fingerprint density at radius 2 is 2.18 bits per heavy atom. The molecule has 2 N–H and O–H groups in total. The number of nitrogens with zero attached hydrogens (tertiary/aromatic N) is 3. The highest BCUT2D eigenvalue weighted by atomic mass is 16.3. The zero-order chi connectivity index (χ0) is 11.8. The molecule has 0 unspecified atom stereocenters. The molecule has 0 bridgehead atoms. The summed E-state index contributed by atoms with van der Waals surface area (Å²) in [4.78, 5) is 15.5. The number of benzene rings is 1. The number of aromatic amines is 1. The van der Waals surface area contributed by atoms with Crippen molar-refractivity contribution in [2.75, 3.05) is 0 Å². The molecule has 0 aliphatic heterocycles. The Morgan fingerprint density at radius 3 is 3.00 bits per heavy atom. The van der Waals surface area contributed by atoms with Crippen LogP contribution in [-0.2, 0) is 0 Å². The molecule has 3 aromatic rings. The first-order valence-corrected chi connectivity index (χ1v) is 5.20. The van der Waals surface area contributed by atoms with Gasteiger partial charge in [0.2, 0.25) is 0 Å². The number of hydrogen-bond donors (Lipinski definition) is 2. The van der Waals surface area contributed by atoms with Crippen molar-refractivity contribution in [1.82, 2.24) is 19.9 Å². The first kappa shape index (κ1) is 9.77. The average molecular weight is 226 g/mol. The summed E-state index contributed by atoms with van der Waals surface area (Å²) in [5.41, 5.74) is 3.06. The third-order valence-corrected chi connectivity index (χ3v) is 2.72. The van der Waals surface area contributed by atoms with Crippen molar-refractivity contribution in [2.24, 2.45) is 0 Å². The summed E-state index contributed by atoms with van der Waals surface area (Å²) in [5.74, 6) is 0.947.